The van der Waals surface area contributed by atoms with Crippen molar-refractivity contribution in [3.05, 3.63) is 15.6 Å². The summed E-state index contributed by atoms with van der Waals surface area (Å²) in [4.78, 5) is 18.8. The van der Waals surface area contributed by atoms with Crippen molar-refractivity contribution < 1.29 is 9.90 Å². The lowest BCUT2D eigenvalue weighted by molar-refractivity contribution is 0.0700. The Bertz CT molecular complexity index is 426. The van der Waals surface area contributed by atoms with Gasteiger partial charge >= 0.3 is 5.97 Å². The van der Waals surface area contributed by atoms with Gasteiger partial charge in [0.1, 0.15) is 4.88 Å². The zero-order chi connectivity index (χ0) is 15.7. The molecular weight excluding hydrogens is 284 g/mol. The first kappa shape index (κ1) is 18.1. The number of aryl methyl sites for hydroxylation is 1. The van der Waals surface area contributed by atoms with Crippen LogP contribution in [0.15, 0.2) is 0 Å². The summed E-state index contributed by atoms with van der Waals surface area (Å²) < 4.78 is 0. The second-order valence-electron chi connectivity index (χ2n) is 5.38. The molecule has 0 atom stereocenters. The molecule has 5 heteroatoms. The average Bonchev–Trinajstić information content (AvgIpc) is 2.86. The number of aromatic nitrogens is 1. The molecule has 1 aromatic heterocycles. The fraction of sp³-hybridized carbons (Fsp3) is 0.750. The van der Waals surface area contributed by atoms with Crippen LogP contribution in [0.1, 0.15) is 66.8 Å². The molecule has 0 unspecified atom stereocenters. The van der Waals surface area contributed by atoms with Gasteiger partial charge in [0.25, 0.3) is 0 Å². The van der Waals surface area contributed by atoms with Gasteiger partial charge in [-0.2, -0.15) is 0 Å². The first-order valence-corrected chi connectivity index (χ1v) is 8.88. The van der Waals surface area contributed by atoms with E-state index in [9.17, 15) is 9.90 Å². The molecule has 1 aromatic rings. The van der Waals surface area contributed by atoms with Gasteiger partial charge in [-0.3, -0.25) is 0 Å². The predicted molar refractivity (Wildman–Crippen MR) is 88.4 cm³/mol. The number of carbonyl (C=O) groups is 1. The van der Waals surface area contributed by atoms with Crippen LogP contribution in [0.4, 0.5) is 0 Å². The van der Waals surface area contributed by atoms with Crippen molar-refractivity contribution in [1.29, 1.82) is 0 Å². The number of hydrogen-bond acceptors (Lipinski definition) is 4. The largest absolute Gasteiger partial charge is 0.477 e. The molecule has 120 valence electrons. The predicted octanol–water partition coefficient (Wildman–Crippen LogP) is 3.85. The van der Waals surface area contributed by atoms with Crippen LogP contribution in [0.25, 0.3) is 0 Å². The van der Waals surface area contributed by atoms with E-state index >= 15 is 0 Å². The summed E-state index contributed by atoms with van der Waals surface area (Å²) in [5.74, 6) is -0.830. The summed E-state index contributed by atoms with van der Waals surface area (Å²) in [5, 5.41) is 10.3. The molecule has 21 heavy (non-hydrogen) atoms. The van der Waals surface area contributed by atoms with Crippen LogP contribution in [0, 0.1) is 0 Å². The molecule has 1 heterocycles. The van der Waals surface area contributed by atoms with Gasteiger partial charge in [0.15, 0.2) is 0 Å². The van der Waals surface area contributed by atoms with E-state index in [1.165, 1.54) is 11.3 Å². The van der Waals surface area contributed by atoms with Gasteiger partial charge < -0.3 is 10.0 Å². The SMILES string of the molecule is CCCCc1nc(CCN(CCC)CCC)sc1C(=O)O. The summed E-state index contributed by atoms with van der Waals surface area (Å²) in [6, 6.07) is 0. The third-order valence-electron chi connectivity index (χ3n) is 3.42. The van der Waals surface area contributed by atoms with Crippen molar-refractivity contribution in [1.82, 2.24) is 9.88 Å². The number of carboxylic acids is 1. The molecule has 0 aliphatic carbocycles. The highest BCUT2D eigenvalue weighted by Gasteiger charge is 2.17. The molecule has 0 spiro atoms. The Hall–Kier alpha value is -0.940. The van der Waals surface area contributed by atoms with E-state index in [1.807, 2.05) is 0 Å². The van der Waals surface area contributed by atoms with E-state index in [2.05, 4.69) is 30.7 Å². The van der Waals surface area contributed by atoms with Crippen LogP contribution in [0.2, 0.25) is 0 Å². The first-order chi connectivity index (χ1) is 10.1. The molecule has 0 saturated carbocycles. The highest BCUT2D eigenvalue weighted by atomic mass is 32.1. The smallest absolute Gasteiger partial charge is 0.347 e. The molecule has 4 nitrogen and oxygen atoms in total. The molecule has 1 rings (SSSR count). The maximum absolute atomic E-state index is 11.3. The molecule has 0 aliphatic heterocycles. The highest BCUT2D eigenvalue weighted by Crippen LogP contribution is 2.21. The van der Waals surface area contributed by atoms with E-state index in [1.54, 1.807) is 0 Å². The molecule has 1 N–H and O–H groups in total. The minimum Gasteiger partial charge on any atom is -0.477 e. The van der Waals surface area contributed by atoms with Crippen LogP contribution in [-0.4, -0.2) is 40.6 Å². The number of thiazole rings is 1. The van der Waals surface area contributed by atoms with E-state index in [0.29, 0.717) is 4.88 Å². The molecule has 0 amide bonds. The fourth-order valence-electron chi connectivity index (χ4n) is 2.41. The number of nitrogens with zero attached hydrogens (tertiary/aromatic N) is 2. The van der Waals surface area contributed by atoms with Gasteiger partial charge in [-0.15, -0.1) is 11.3 Å². The van der Waals surface area contributed by atoms with Crippen LogP contribution < -0.4 is 0 Å². The quantitative estimate of drug-likeness (QED) is 0.674. The van der Waals surface area contributed by atoms with Crippen LogP contribution in [0.5, 0.6) is 0 Å². The lowest BCUT2D eigenvalue weighted by Crippen LogP contribution is -2.27. The van der Waals surface area contributed by atoms with E-state index in [-0.39, 0.29) is 0 Å². The normalized spacial score (nSPS) is 11.2. The summed E-state index contributed by atoms with van der Waals surface area (Å²) >= 11 is 1.36. The maximum Gasteiger partial charge on any atom is 0.347 e. The molecular formula is C16H28N2O2S. The molecule has 0 bridgehead atoms. The Morgan fingerprint density at radius 2 is 1.76 bits per heavy atom. The highest BCUT2D eigenvalue weighted by molar-refractivity contribution is 7.13. The monoisotopic (exact) mass is 312 g/mol. The second-order valence-corrected chi connectivity index (χ2v) is 6.47. The molecule has 0 aromatic carbocycles. The van der Waals surface area contributed by atoms with Crippen molar-refractivity contribution in [3.8, 4) is 0 Å². The Morgan fingerprint density at radius 3 is 2.29 bits per heavy atom. The van der Waals surface area contributed by atoms with Gasteiger partial charge in [0.05, 0.1) is 10.7 Å². The average molecular weight is 312 g/mol. The number of hydrogen-bond donors (Lipinski definition) is 1. The van der Waals surface area contributed by atoms with E-state index < -0.39 is 5.97 Å². The minimum atomic E-state index is -0.830. The third kappa shape index (κ3) is 6.14. The van der Waals surface area contributed by atoms with Crippen LogP contribution in [-0.2, 0) is 12.8 Å². The Labute approximate surface area is 132 Å². The number of carboxylic acid groups (broad SMARTS) is 1. The Balaban J connectivity index is 2.67. The lowest BCUT2D eigenvalue weighted by Gasteiger charge is -2.19. The first-order valence-electron chi connectivity index (χ1n) is 8.06. The Morgan fingerprint density at radius 1 is 1.10 bits per heavy atom. The van der Waals surface area contributed by atoms with Crippen molar-refractivity contribution in [3.63, 3.8) is 0 Å². The summed E-state index contributed by atoms with van der Waals surface area (Å²) in [6.45, 7) is 9.68. The van der Waals surface area contributed by atoms with E-state index in [0.717, 1.165) is 68.9 Å². The molecule has 0 fully saturated rings. The lowest BCUT2D eigenvalue weighted by atomic mass is 10.2. The van der Waals surface area contributed by atoms with Crippen molar-refractivity contribution in [2.24, 2.45) is 0 Å². The summed E-state index contributed by atoms with van der Waals surface area (Å²) in [7, 11) is 0. The number of unbranched alkanes of at least 4 members (excludes halogenated alkanes) is 1. The minimum absolute atomic E-state index is 0.441. The molecule has 0 saturated heterocycles. The zero-order valence-corrected chi connectivity index (χ0v) is 14.3. The number of rotatable bonds is 11. The van der Waals surface area contributed by atoms with Crippen molar-refractivity contribution >= 4 is 17.3 Å². The standard InChI is InChI=1S/C16H28N2O2S/c1-4-7-8-13-15(16(19)20)21-14(17-13)9-12-18(10-5-2)11-6-3/h4-12H2,1-3H3,(H,19,20). The topological polar surface area (TPSA) is 53.4 Å². The fourth-order valence-corrected chi connectivity index (χ4v) is 3.35. The van der Waals surface area contributed by atoms with Gasteiger partial charge in [0.2, 0.25) is 0 Å². The summed E-state index contributed by atoms with van der Waals surface area (Å²) in [6.07, 6.45) is 6.01. The molecule has 0 radical (unpaired) electrons. The summed E-state index contributed by atoms with van der Waals surface area (Å²) in [5.41, 5.74) is 0.780. The van der Waals surface area contributed by atoms with Gasteiger partial charge in [-0.25, -0.2) is 9.78 Å². The van der Waals surface area contributed by atoms with Crippen molar-refractivity contribution in [2.75, 3.05) is 19.6 Å². The van der Waals surface area contributed by atoms with Crippen LogP contribution >= 0.6 is 11.3 Å². The maximum atomic E-state index is 11.3. The van der Waals surface area contributed by atoms with Gasteiger partial charge in [-0.05, 0) is 38.8 Å². The second kappa shape index (κ2) is 9.90. The van der Waals surface area contributed by atoms with Crippen LogP contribution in [0.3, 0.4) is 0 Å². The van der Waals surface area contributed by atoms with Gasteiger partial charge in [0, 0.05) is 13.0 Å². The van der Waals surface area contributed by atoms with Crippen molar-refractivity contribution in [2.45, 2.75) is 59.3 Å². The zero-order valence-electron chi connectivity index (χ0n) is 13.5. The number of aromatic carboxylic acids is 1. The van der Waals surface area contributed by atoms with Gasteiger partial charge in [-0.1, -0.05) is 27.2 Å². The van der Waals surface area contributed by atoms with E-state index in [4.69, 9.17) is 0 Å². The third-order valence-corrected chi connectivity index (χ3v) is 4.57. The Kier molecular flexibility index (Phi) is 8.54. The molecule has 0 aliphatic rings.